The molecule has 3 rings (SSSR count). The van der Waals surface area contributed by atoms with E-state index in [-0.39, 0.29) is 12.4 Å². The van der Waals surface area contributed by atoms with Crippen molar-refractivity contribution in [2.75, 3.05) is 19.6 Å². The molecule has 21 heavy (non-hydrogen) atoms. The fraction of sp³-hybridized carbons (Fsp3) is 0.647. The molecule has 2 aliphatic heterocycles. The van der Waals surface area contributed by atoms with Crippen molar-refractivity contribution in [1.82, 2.24) is 9.80 Å². The number of likely N-dealkylation sites (tertiary alicyclic amines) is 2. The zero-order valence-corrected chi connectivity index (χ0v) is 13.1. The summed E-state index contributed by atoms with van der Waals surface area (Å²) in [6.45, 7) is 8.25. The van der Waals surface area contributed by atoms with Gasteiger partial charge in [0.05, 0.1) is 0 Å². The molecule has 3 nitrogen and oxygen atoms in total. The van der Waals surface area contributed by atoms with Crippen molar-refractivity contribution < 1.29 is 4.39 Å². The maximum Gasteiger partial charge on any atom is 0.127 e. The molecule has 0 amide bonds. The number of hydrogen-bond acceptors (Lipinski definition) is 3. The van der Waals surface area contributed by atoms with Crippen LogP contribution in [0.15, 0.2) is 18.2 Å². The van der Waals surface area contributed by atoms with Crippen LogP contribution in [-0.2, 0) is 13.0 Å². The summed E-state index contributed by atoms with van der Waals surface area (Å²) in [6, 6.07) is 7.56. The Kier molecular flexibility index (Phi) is 4.29. The van der Waals surface area contributed by atoms with Crippen molar-refractivity contribution in [3.05, 3.63) is 35.1 Å². The van der Waals surface area contributed by atoms with E-state index >= 15 is 0 Å². The molecule has 2 atom stereocenters. The minimum Gasteiger partial charge on any atom is -0.326 e. The Morgan fingerprint density at radius 2 is 2.10 bits per heavy atom. The normalized spacial score (nSPS) is 26.1. The molecule has 2 aliphatic rings. The molecule has 2 fully saturated rings. The summed E-state index contributed by atoms with van der Waals surface area (Å²) in [7, 11) is 0. The molecule has 1 aromatic carbocycles. The molecule has 0 aromatic heterocycles. The molecule has 116 valence electrons. The fourth-order valence-corrected chi connectivity index (χ4v) is 3.87. The number of rotatable bonds is 5. The van der Waals surface area contributed by atoms with Gasteiger partial charge in [0.2, 0.25) is 0 Å². The van der Waals surface area contributed by atoms with Gasteiger partial charge in [0.15, 0.2) is 0 Å². The van der Waals surface area contributed by atoms with E-state index < -0.39 is 0 Å². The molecular formula is C17H26FN3. The van der Waals surface area contributed by atoms with Gasteiger partial charge in [-0.3, -0.25) is 9.80 Å². The summed E-state index contributed by atoms with van der Waals surface area (Å²) in [4.78, 5) is 5.20. The zero-order chi connectivity index (χ0) is 15.0. The Morgan fingerprint density at radius 1 is 1.29 bits per heavy atom. The van der Waals surface area contributed by atoms with Gasteiger partial charge in [0.1, 0.15) is 5.82 Å². The van der Waals surface area contributed by atoms with E-state index in [9.17, 15) is 4.39 Å². The van der Waals surface area contributed by atoms with E-state index in [4.69, 9.17) is 5.73 Å². The van der Waals surface area contributed by atoms with Gasteiger partial charge in [-0.1, -0.05) is 12.1 Å². The Hall–Kier alpha value is -0.970. The first-order valence-corrected chi connectivity index (χ1v) is 8.05. The summed E-state index contributed by atoms with van der Waals surface area (Å²) in [5.41, 5.74) is 7.18. The number of piperazine rings is 1. The van der Waals surface area contributed by atoms with Crippen molar-refractivity contribution in [1.29, 1.82) is 0 Å². The van der Waals surface area contributed by atoms with Crippen LogP contribution < -0.4 is 5.73 Å². The molecule has 0 saturated carbocycles. The predicted molar refractivity (Wildman–Crippen MR) is 83.6 cm³/mol. The summed E-state index contributed by atoms with van der Waals surface area (Å²) in [6.07, 6.45) is 2.23. The van der Waals surface area contributed by atoms with Crippen molar-refractivity contribution in [2.24, 2.45) is 5.73 Å². The van der Waals surface area contributed by atoms with Gasteiger partial charge in [0, 0.05) is 49.9 Å². The lowest BCUT2D eigenvalue weighted by molar-refractivity contribution is 0.105. The minimum absolute atomic E-state index is 0.163. The first-order valence-electron chi connectivity index (χ1n) is 8.05. The Balaban J connectivity index is 1.54. The van der Waals surface area contributed by atoms with Crippen LogP contribution in [0, 0.1) is 5.82 Å². The molecule has 0 aliphatic carbocycles. The third-order valence-corrected chi connectivity index (χ3v) is 5.08. The topological polar surface area (TPSA) is 32.5 Å². The second-order valence-electron chi connectivity index (χ2n) is 6.71. The highest BCUT2D eigenvalue weighted by Gasteiger charge is 2.43. The van der Waals surface area contributed by atoms with Crippen LogP contribution >= 0.6 is 0 Å². The molecule has 2 saturated heterocycles. The average Bonchev–Trinajstić information content (AvgIpc) is 3.05. The molecule has 2 N–H and O–H groups in total. The van der Waals surface area contributed by atoms with Crippen LogP contribution in [0.2, 0.25) is 0 Å². The first-order chi connectivity index (χ1) is 10.1. The van der Waals surface area contributed by atoms with Crippen molar-refractivity contribution in [3.8, 4) is 0 Å². The average molecular weight is 291 g/mol. The maximum atomic E-state index is 13.7. The summed E-state index contributed by atoms with van der Waals surface area (Å²) < 4.78 is 13.7. The SMILES string of the molecule is CC(C)N1CC2C[C@H]1CN2CCc1ccc(CN)c(F)c1. The molecule has 0 spiro atoms. The van der Waals surface area contributed by atoms with Crippen molar-refractivity contribution in [3.63, 3.8) is 0 Å². The quantitative estimate of drug-likeness (QED) is 0.900. The zero-order valence-electron chi connectivity index (χ0n) is 13.1. The monoisotopic (exact) mass is 291 g/mol. The summed E-state index contributed by atoms with van der Waals surface area (Å²) >= 11 is 0. The minimum atomic E-state index is -0.163. The lowest BCUT2D eigenvalue weighted by Crippen LogP contribution is -2.49. The van der Waals surface area contributed by atoms with Gasteiger partial charge in [0.25, 0.3) is 0 Å². The highest BCUT2D eigenvalue weighted by Crippen LogP contribution is 2.32. The largest absolute Gasteiger partial charge is 0.326 e. The number of benzene rings is 1. The van der Waals surface area contributed by atoms with Crippen LogP contribution in [-0.4, -0.2) is 47.6 Å². The molecule has 2 heterocycles. The van der Waals surface area contributed by atoms with E-state index in [0.29, 0.717) is 17.6 Å². The fourth-order valence-electron chi connectivity index (χ4n) is 3.87. The molecule has 1 unspecified atom stereocenters. The Labute approximate surface area is 126 Å². The Morgan fingerprint density at radius 3 is 2.67 bits per heavy atom. The predicted octanol–water partition coefficient (Wildman–Crippen LogP) is 1.99. The van der Waals surface area contributed by atoms with Crippen molar-refractivity contribution in [2.45, 2.75) is 51.4 Å². The highest BCUT2D eigenvalue weighted by molar-refractivity contribution is 5.24. The second kappa shape index (κ2) is 6.03. The summed E-state index contributed by atoms with van der Waals surface area (Å²) in [5.74, 6) is -0.163. The third kappa shape index (κ3) is 2.98. The van der Waals surface area contributed by atoms with Crippen LogP contribution in [0.25, 0.3) is 0 Å². The van der Waals surface area contributed by atoms with E-state index in [1.807, 2.05) is 12.1 Å². The van der Waals surface area contributed by atoms with Crippen molar-refractivity contribution >= 4 is 0 Å². The van der Waals surface area contributed by atoms with Gasteiger partial charge < -0.3 is 5.73 Å². The van der Waals surface area contributed by atoms with Gasteiger partial charge in [-0.25, -0.2) is 4.39 Å². The van der Waals surface area contributed by atoms with Gasteiger partial charge in [-0.2, -0.15) is 0 Å². The lowest BCUT2D eigenvalue weighted by Gasteiger charge is -2.36. The number of nitrogens with two attached hydrogens (primary N) is 1. The summed E-state index contributed by atoms with van der Waals surface area (Å²) in [5, 5.41) is 0. The molecule has 4 heteroatoms. The number of halogens is 1. The number of fused-ring (bicyclic) bond motifs is 2. The maximum absolute atomic E-state index is 13.7. The molecule has 0 radical (unpaired) electrons. The van der Waals surface area contributed by atoms with Gasteiger partial charge in [-0.15, -0.1) is 0 Å². The number of nitrogens with zero attached hydrogens (tertiary/aromatic N) is 2. The standard InChI is InChI=1S/C17H26FN3/c1-12(2)21-11-15-8-16(21)10-20(15)6-5-13-3-4-14(9-19)17(18)7-13/h3-4,7,12,15-16H,5-6,8-11,19H2,1-2H3/t15?,16-/m0/s1. The Bertz CT molecular complexity index is 503. The van der Waals surface area contributed by atoms with Crippen LogP contribution in [0.1, 0.15) is 31.4 Å². The van der Waals surface area contributed by atoms with E-state index in [1.54, 1.807) is 6.07 Å². The molecule has 1 aromatic rings. The second-order valence-corrected chi connectivity index (χ2v) is 6.71. The van der Waals surface area contributed by atoms with E-state index in [2.05, 4.69) is 23.6 Å². The first kappa shape index (κ1) is 14.9. The van der Waals surface area contributed by atoms with Crippen LogP contribution in [0.3, 0.4) is 0 Å². The number of hydrogen-bond donors (Lipinski definition) is 1. The van der Waals surface area contributed by atoms with E-state index in [0.717, 1.165) is 24.6 Å². The van der Waals surface area contributed by atoms with Crippen LogP contribution in [0.4, 0.5) is 4.39 Å². The highest BCUT2D eigenvalue weighted by atomic mass is 19.1. The lowest BCUT2D eigenvalue weighted by atomic mass is 10.1. The van der Waals surface area contributed by atoms with Gasteiger partial charge in [-0.05, 0) is 38.3 Å². The van der Waals surface area contributed by atoms with Crippen LogP contribution in [0.5, 0.6) is 0 Å². The smallest absolute Gasteiger partial charge is 0.127 e. The third-order valence-electron chi connectivity index (χ3n) is 5.08. The molecule has 2 bridgehead atoms. The molecular weight excluding hydrogens is 265 g/mol. The van der Waals surface area contributed by atoms with E-state index in [1.165, 1.54) is 19.5 Å². The van der Waals surface area contributed by atoms with Gasteiger partial charge >= 0.3 is 0 Å².